The van der Waals surface area contributed by atoms with Crippen LogP contribution in [-0.2, 0) is 29.1 Å². The Kier molecular flexibility index (Phi) is 3.69. The van der Waals surface area contributed by atoms with Gasteiger partial charge in [0.05, 0.1) is 18.9 Å². The maximum absolute atomic E-state index is 5.86. The van der Waals surface area contributed by atoms with Gasteiger partial charge >= 0.3 is 0 Å². The molecule has 0 bridgehead atoms. The van der Waals surface area contributed by atoms with Crippen molar-refractivity contribution in [3.63, 3.8) is 0 Å². The number of hydrogen-bond acceptors (Lipinski definition) is 5. The van der Waals surface area contributed by atoms with Gasteiger partial charge in [-0.1, -0.05) is 6.92 Å². The van der Waals surface area contributed by atoms with Crippen LogP contribution in [0, 0.1) is 0 Å². The van der Waals surface area contributed by atoms with Crippen molar-refractivity contribution in [2.75, 3.05) is 18.9 Å². The molecule has 0 spiro atoms. The first-order valence-corrected chi connectivity index (χ1v) is 5.61. The van der Waals surface area contributed by atoms with Crippen LogP contribution < -0.4 is 5.73 Å². The first-order valence-electron chi connectivity index (χ1n) is 5.61. The Morgan fingerprint density at radius 1 is 1.44 bits per heavy atom. The second-order valence-corrected chi connectivity index (χ2v) is 3.81. The molecule has 1 aliphatic heterocycles. The first-order chi connectivity index (χ1) is 7.81. The van der Waals surface area contributed by atoms with Gasteiger partial charge in [0.25, 0.3) is 0 Å². The molecule has 1 aromatic heterocycles. The van der Waals surface area contributed by atoms with Crippen molar-refractivity contribution >= 4 is 5.82 Å². The van der Waals surface area contributed by atoms with E-state index in [9.17, 15) is 0 Å². The average Bonchev–Trinajstić information content (AvgIpc) is 2.30. The molecular weight excluding hydrogens is 206 g/mol. The molecule has 2 N–H and O–H groups in total. The molecule has 0 atom stereocenters. The lowest BCUT2D eigenvalue weighted by atomic mass is 10.1. The molecule has 0 saturated heterocycles. The molecule has 2 heterocycles. The predicted molar refractivity (Wildman–Crippen MR) is 59.8 cm³/mol. The van der Waals surface area contributed by atoms with Crippen molar-refractivity contribution in [3.05, 3.63) is 17.1 Å². The van der Waals surface area contributed by atoms with E-state index in [1.807, 2.05) is 0 Å². The van der Waals surface area contributed by atoms with Crippen molar-refractivity contribution in [1.82, 2.24) is 9.97 Å². The molecule has 0 unspecified atom stereocenters. The second kappa shape index (κ2) is 5.23. The van der Waals surface area contributed by atoms with Crippen molar-refractivity contribution in [1.29, 1.82) is 0 Å². The van der Waals surface area contributed by atoms with E-state index < -0.39 is 0 Å². The van der Waals surface area contributed by atoms with E-state index in [-0.39, 0.29) is 0 Å². The molecule has 88 valence electrons. The molecule has 0 fully saturated rings. The van der Waals surface area contributed by atoms with Crippen molar-refractivity contribution < 1.29 is 9.47 Å². The molecule has 1 aliphatic rings. The fourth-order valence-corrected chi connectivity index (χ4v) is 1.68. The number of ether oxygens (including phenoxy) is 2. The summed E-state index contributed by atoms with van der Waals surface area (Å²) in [7, 11) is 0. The largest absolute Gasteiger partial charge is 0.383 e. The van der Waals surface area contributed by atoms with Crippen LogP contribution in [0.5, 0.6) is 0 Å². The summed E-state index contributed by atoms with van der Waals surface area (Å²) in [4.78, 5) is 8.67. The Labute approximate surface area is 95.0 Å². The highest BCUT2D eigenvalue weighted by Crippen LogP contribution is 2.19. The predicted octanol–water partition coefficient (Wildman–Crippen LogP) is 1.06. The van der Waals surface area contributed by atoms with Crippen LogP contribution in [0.4, 0.5) is 5.82 Å². The molecule has 5 heteroatoms. The summed E-state index contributed by atoms with van der Waals surface area (Å²) >= 11 is 0. The SMILES string of the molecule is CCCOCc1nc(N)c2c(n1)CCOC2. The number of rotatable bonds is 4. The fraction of sp³-hybridized carbons (Fsp3) is 0.636. The summed E-state index contributed by atoms with van der Waals surface area (Å²) in [6.45, 7) is 4.46. The third kappa shape index (κ3) is 2.48. The van der Waals surface area contributed by atoms with E-state index in [2.05, 4.69) is 16.9 Å². The summed E-state index contributed by atoms with van der Waals surface area (Å²) in [5.41, 5.74) is 7.80. The summed E-state index contributed by atoms with van der Waals surface area (Å²) < 4.78 is 10.7. The molecule has 16 heavy (non-hydrogen) atoms. The monoisotopic (exact) mass is 223 g/mol. The minimum absolute atomic E-state index is 0.437. The molecule has 0 radical (unpaired) electrons. The van der Waals surface area contributed by atoms with E-state index in [0.29, 0.717) is 31.5 Å². The first kappa shape index (κ1) is 11.3. The van der Waals surface area contributed by atoms with Crippen LogP contribution in [0.15, 0.2) is 0 Å². The molecule has 0 aromatic carbocycles. The number of nitrogens with two attached hydrogens (primary N) is 1. The van der Waals surface area contributed by atoms with Crippen LogP contribution >= 0.6 is 0 Å². The molecule has 0 amide bonds. The van der Waals surface area contributed by atoms with Gasteiger partial charge < -0.3 is 15.2 Å². The van der Waals surface area contributed by atoms with Crippen molar-refractivity contribution in [3.8, 4) is 0 Å². The highest BCUT2D eigenvalue weighted by Gasteiger charge is 2.16. The highest BCUT2D eigenvalue weighted by atomic mass is 16.5. The van der Waals surface area contributed by atoms with Crippen LogP contribution in [-0.4, -0.2) is 23.2 Å². The number of nitrogen functional groups attached to an aromatic ring is 1. The third-order valence-corrected chi connectivity index (χ3v) is 2.48. The zero-order valence-electron chi connectivity index (χ0n) is 9.53. The maximum Gasteiger partial charge on any atom is 0.156 e. The summed E-state index contributed by atoms with van der Waals surface area (Å²) in [5.74, 6) is 1.20. The van der Waals surface area contributed by atoms with Gasteiger partial charge in [-0.05, 0) is 6.42 Å². The van der Waals surface area contributed by atoms with Crippen LogP contribution in [0.1, 0.15) is 30.4 Å². The molecular formula is C11H17N3O2. The van der Waals surface area contributed by atoms with Crippen LogP contribution in [0.25, 0.3) is 0 Å². The minimum atomic E-state index is 0.437. The lowest BCUT2D eigenvalue weighted by Crippen LogP contribution is -2.17. The molecule has 1 aromatic rings. The van der Waals surface area contributed by atoms with Crippen molar-refractivity contribution in [2.24, 2.45) is 0 Å². The number of anilines is 1. The molecule has 5 nitrogen and oxygen atoms in total. The van der Waals surface area contributed by atoms with Gasteiger partial charge in [-0.25, -0.2) is 9.97 Å². The second-order valence-electron chi connectivity index (χ2n) is 3.81. The van der Waals surface area contributed by atoms with Crippen molar-refractivity contribution in [2.45, 2.75) is 33.0 Å². The normalized spacial score (nSPS) is 14.8. The van der Waals surface area contributed by atoms with Gasteiger partial charge in [-0.3, -0.25) is 0 Å². The Hall–Kier alpha value is -1.20. The van der Waals surface area contributed by atoms with Crippen LogP contribution in [0.3, 0.4) is 0 Å². The number of fused-ring (bicyclic) bond motifs is 1. The average molecular weight is 223 g/mol. The van der Waals surface area contributed by atoms with Gasteiger partial charge in [-0.2, -0.15) is 0 Å². The standard InChI is InChI=1S/C11H17N3O2/c1-2-4-15-7-10-13-9-3-5-16-6-8(9)11(12)14-10/h2-7H2,1H3,(H2,12,13,14). The van der Waals surface area contributed by atoms with Gasteiger partial charge in [-0.15, -0.1) is 0 Å². The smallest absolute Gasteiger partial charge is 0.156 e. The van der Waals surface area contributed by atoms with Gasteiger partial charge in [0.15, 0.2) is 5.82 Å². The molecule has 2 rings (SSSR count). The number of nitrogens with zero attached hydrogens (tertiary/aromatic N) is 2. The topological polar surface area (TPSA) is 70.3 Å². The lowest BCUT2D eigenvalue weighted by molar-refractivity contribution is 0.105. The Morgan fingerprint density at radius 2 is 2.31 bits per heavy atom. The van der Waals surface area contributed by atoms with E-state index >= 15 is 0 Å². The number of aromatic nitrogens is 2. The Bertz CT molecular complexity index is 368. The zero-order chi connectivity index (χ0) is 11.4. The van der Waals surface area contributed by atoms with E-state index in [4.69, 9.17) is 15.2 Å². The fourth-order valence-electron chi connectivity index (χ4n) is 1.68. The van der Waals surface area contributed by atoms with Gasteiger partial charge in [0.1, 0.15) is 12.4 Å². The molecule has 0 aliphatic carbocycles. The highest BCUT2D eigenvalue weighted by molar-refractivity contribution is 5.42. The van der Waals surface area contributed by atoms with E-state index in [0.717, 1.165) is 30.7 Å². The maximum atomic E-state index is 5.86. The van der Waals surface area contributed by atoms with Gasteiger partial charge in [0, 0.05) is 18.6 Å². The minimum Gasteiger partial charge on any atom is -0.383 e. The van der Waals surface area contributed by atoms with E-state index in [1.165, 1.54) is 0 Å². The Balaban J connectivity index is 2.12. The van der Waals surface area contributed by atoms with Crippen LogP contribution in [0.2, 0.25) is 0 Å². The summed E-state index contributed by atoms with van der Waals surface area (Å²) in [6, 6.07) is 0. The summed E-state index contributed by atoms with van der Waals surface area (Å²) in [5, 5.41) is 0. The van der Waals surface area contributed by atoms with Gasteiger partial charge in [0.2, 0.25) is 0 Å². The zero-order valence-corrected chi connectivity index (χ0v) is 9.53. The quantitative estimate of drug-likeness (QED) is 0.773. The Morgan fingerprint density at radius 3 is 3.12 bits per heavy atom. The number of hydrogen-bond donors (Lipinski definition) is 1. The third-order valence-electron chi connectivity index (χ3n) is 2.48. The lowest BCUT2D eigenvalue weighted by Gasteiger charge is -2.17. The molecule has 0 saturated carbocycles. The summed E-state index contributed by atoms with van der Waals surface area (Å²) in [6.07, 6.45) is 1.80. The van der Waals surface area contributed by atoms with E-state index in [1.54, 1.807) is 0 Å².